The molecule has 1 amide bonds. The topological polar surface area (TPSA) is 63.2 Å². The number of carbonyl (C=O) groups excluding carboxylic acids is 1. The Bertz CT molecular complexity index is 1180. The molecule has 0 saturated carbocycles. The van der Waals surface area contributed by atoms with E-state index in [1.807, 2.05) is 0 Å². The van der Waals surface area contributed by atoms with Gasteiger partial charge in [-0.05, 0) is 48.5 Å². The van der Waals surface area contributed by atoms with Crippen LogP contribution in [-0.2, 0) is 10.4 Å². The number of hydrogen-bond donors (Lipinski definition) is 2. The van der Waals surface area contributed by atoms with E-state index in [-0.39, 0.29) is 27.0 Å². The second kappa shape index (κ2) is 8.46. The van der Waals surface area contributed by atoms with E-state index in [1.165, 1.54) is 18.3 Å². The molecular weight excluding hydrogens is 466 g/mol. The predicted molar refractivity (Wildman–Crippen MR) is 115 cm³/mol. The molecule has 0 spiro atoms. The molecule has 1 aromatic heterocycles. The van der Waals surface area contributed by atoms with Crippen LogP contribution in [0, 0.1) is 0 Å². The number of hydrogen-bond acceptors (Lipinski definition) is 4. The first-order chi connectivity index (χ1) is 15.2. The van der Waals surface area contributed by atoms with Crippen LogP contribution in [0.4, 0.5) is 18.9 Å². The third-order valence-corrected chi connectivity index (χ3v) is 5.15. The molecule has 1 unspecified atom stereocenters. The smallest absolute Gasteiger partial charge is 0.321 e. The van der Waals surface area contributed by atoms with E-state index < -0.39 is 17.7 Å². The second-order valence-electron chi connectivity index (χ2n) is 6.90. The number of hydroxylamine groups is 1. The number of nitrogens with zero attached hydrogens (tertiary/aromatic N) is 1. The number of anilines is 1. The lowest BCUT2D eigenvalue weighted by Gasteiger charge is -2.28. The van der Waals surface area contributed by atoms with E-state index in [1.54, 1.807) is 36.4 Å². The SMILES string of the molecule is O=C(Nc1cccc(C2=CC(c3cc(Cl)cc(Cl)c3)(C(F)(F)F)ON2)c1)c1ccccn1. The summed E-state index contributed by atoms with van der Waals surface area (Å²) in [5.41, 5.74) is 0.275. The van der Waals surface area contributed by atoms with E-state index >= 15 is 0 Å². The molecule has 4 rings (SSSR count). The first-order valence-corrected chi connectivity index (χ1v) is 9.96. The molecular formula is C22H14Cl2F3N3O2. The summed E-state index contributed by atoms with van der Waals surface area (Å²) in [5, 5.41) is 2.75. The number of alkyl halides is 3. The lowest BCUT2D eigenvalue weighted by Crippen LogP contribution is -2.42. The molecule has 164 valence electrons. The van der Waals surface area contributed by atoms with Gasteiger partial charge in [0, 0.05) is 33.1 Å². The fraction of sp³-hybridized carbons (Fsp3) is 0.0909. The zero-order valence-corrected chi connectivity index (χ0v) is 17.6. The summed E-state index contributed by atoms with van der Waals surface area (Å²) in [6, 6.07) is 14.8. The van der Waals surface area contributed by atoms with Gasteiger partial charge in [-0.2, -0.15) is 13.2 Å². The van der Waals surface area contributed by atoms with Crippen molar-refractivity contribution in [1.82, 2.24) is 10.5 Å². The highest BCUT2D eigenvalue weighted by Gasteiger charge is 2.59. The summed E-state index contributed by atoms with van der Waals surface area (Å²) in [7, 11) is 0. The molecule has 0 aliphatic carbocycles. The molecule has 0 fully saturated rings. The highest BCUT2D eigenvalue weighted by molar-refractivity contribution is 6.34. The number of nitrogens with one attached hydrogen (secondary N) is 2. The van der Waals surface area contributed by atoms with Crippen molar-refractivity contribution in [3.05, 3.63) is 99.8 Å². The molecule has 1 aliphatic heterocycles. The maximum Gasteiger partial charge on any atom is 0.428 e. The van der Waals surface area contributed by atoms with Gasteiger partial charge in [-0.25, -0.2) is 0 Å². The van der Waals surface area contributed by atoms with Gasteiger partial charge in [0.25, 0.3) is 5.91 Å². The van der Waals surface area contributed by atoms with Gasteiger partial charge in [0.05, 0.1) is 5.70 Å². The highest BCUT2D eigenvalue weighted by atomic mass is 35.5. The molecule has 3 aromatic rings. The summed E-state index contributed by atoms with van der Waals surface area (Å²) < 4.78 is 42.4. The van der Waals surface area contributed by atoms with Crippen LogP contribution >= 0.6 is 23.2 Å². The van der Waals surface area contributed by atoms with Crippen LogP contribution in [0.1, 0.15) is 21.6 Å². The van der Waals surface area contributed by atoms with Crippen LogP contribution in [0.2, 0.25) is 10.0 Å². The summed E-state index contributed by atoms with van der Waals surface area (Å²) in [6.45, 7) is 0. The Hall–Kier alpha value is -3.07. The maximum absolute atomic E-state index is 14.1. The zero-order chi connectivity index (χ0) is 22.9. The van der Waals surface area contributed by atoms with E-state index in [4.69, 9.17) is 28.0 Å². The van der Waals surface area contributed by atoms with Crippen molar-refractivity contribution in [2.45, 2.75) is 11.8 Å². The van der Waals surface area contributed by atoms with Crippen molar-refractivity contribution in [3.8, 4) is 0 Å². The van der Waals surface area contributed by atoms with Crippen molar-refractivity contribution in [2.24, 2.45) is 0 Å². The number of halogens is 5. The van der Waals surface area contributed by atoms with Gasteiger partial charge in [0.1, 0.15) is 5.69 Å². The average Bonchev–Trinajstić information content (AvgIpc) is 3.21. The minimum absolute atomic E-state index is 0.0424. The second-order valence-corrected chi connectivity index (χ2v) is 7.78. The van der Waals surface area contributed by atoms with Gasteiger partial charge < -0.3 is 5.32 Å². The van der Waals surface area contributed by atoms with Crippen LogP contribution in [0.3, 0.4) is 0 Å². The molecule has 2 aromatic carbocycles. The van der Waals surface area contributed by atoms with Crippen molar-refractivity contribution < 1.29 is 22.8 Å². The summed E-state index contributed by atoms with van der Waals surface area (Å²) in [4.78, 5) is 21.4. The monoisotopic (exact) mass is 479 g/mol. The van der Waals surface area contributed by atoms with E-state index in [0.29, 0.717) is 11.3 Å². The predicted octanol–water partition coefficient (Wildman–Crippen LogP) is 5.97. The minimum Gasteiger partial charge on any atom is -0.321 e. The standard InChI is InChI=1S/C22H14Cl2F3N3O2/c23-15-9-14(10-16(24)11-15)21(22(25,26)27)12-19(30-32-21)13-4-3-5-17(8-13)29-20(31)18-6-1-2-7-28-18/h1-12,30H,(H,29,31). The zero-order valence-electron chi connectivity index (χ0n) is 16.1. The molecule has 0 saturated heterocycles. The van der Waals surface area contributed by atoms with E-state index in [2.05, 4.69) is 15.8 Å². The molecule has 5 nitrogen and oxygen atoms in total. The molecule has 2 N–H and O–H groups in total. The lowest BCUT2D eigenvalue weighted by molar-refractivity contribution is -0.269. The van der Waals surface area contributed by atoms with Crippen LogP contribution < -0.4 is 10.8 Å². The summed E-state index contributed by atoms with van der Waals surface area (Å²) in [6.07, 6.45) is -2.43. The van der Waals surface area contributed by atoms with Crippen molar-refractivity contribution in [3.63, 3.8) is 0 Å². The van der Waals surface area contributed by atoms with Crippen molar-refractivity contribution in [1.29, 1.82) is 0 Å². The normalized spacial score (nSPS) is 18.1. The summed E-state index contributed by atoms with van der Waals surface area (Å²) >= 11 is 11.8. The number of rotatable bonds is 4. The molecule has 0 bridgehead atoms. The Labute approximate surface area is 190 Å². The van der Waals surface area contributed by atoms with Crippen LogP contribution in [0.25, 0.3) is 5.70 Å². The first-order valence-electron chi connectivity index (χ1n) is 9.21. The third-order valence-electron chi connectivity index (χ3n) is 4.71. The molecule has 32 heavy (non-hydrogen) atoms. The number of amides is 1. The number of carbonyl (C=O) groups is 1. The molecule has 0 radical (unpaired) electrons. The minimum atomic E-state index is -4.82. The first kappa shape index (κ1) is 22.1. The van der Waals surface area contributed by atoms with Crippen LogP contribution in [0.15, 0.2) is 72.9 Å². The quantitative estimate of drug-likeness (QED) is 0.483. The number of benzene rings is 2. The lowest BCUT2D eigenvalue weighted by atomic mass is 9.91. The molecule has 2 heterocycles. The fourth-order valence-electron chi connectivity index (χ4n) is 3.21. The van der Waals surface area contributed by atoms with Crippen molar-refractivity contribution >= 4 is 40.5 Å². The molecule has 10 heteroatoms. The average molecular weight is 480 g/mol. The third kappa shape index (κ3) is 4.29. The van der Waals surface area contributed by atoms with E-state index in [0.717, 1.165) is 18.2 Å². The van der Waals surface area contributed by atoms with Crippen LogP contribution in [-0.4, -0.2) is 17.1 Å². The van der Waals surface area contributed by atoms with Crippen LogP contribution in [0.5, 0.6) is 0 Å². The molecule has 1 aliphatic rings. The Morgan fingerprint density at radius 2 is 1.78 bits per heavy atom. The van der Waals surface area contributed by atoms with Gasteiger partial charge >= 0.3 is 6.18 Å². The Kier molecular flexibility index (Phi) is 5.85. The van der Waals surface area contributed by atoms with Gasteiger partial charge in [0.2, 0.25) is 5.60 Å². The Morgan fingerprint density at radius 3 is 2.44 bits per heavy atom. The van der Waals surface area contributed by atoms with Crippen molar-refractivity contribution in [2.75, 3.05) is 5.32 Å². The molecule has 1 atom stereocenters. The maximum atomic E-state index is 14.1. The largest absolute Gasteiger partial charge is 0.428 e. The number of pyridine rings is 1. The van der Waals surface area contributed by atoms with E-state index in [9.17, 15) is 18.0 Å². The number of aromatic nitrogens is 1. The summed E-state index contributed by atoms with van der Waals surface area (Å²) in [5.74, 6) is -0.453. The van der Waals surface area contributed by atoms with Gasteiger partial charge in [-0.15, -0.1) is 0 Å². The van der Waals surface area contributed by atoms with Gasteiger partial charge in [0.15, 0.2) is 0 Å². The van der Waals surface area contributed by atoms with Gasteiger partial charge in [-0.3, -0.25) is 20.1 Å². The highest BCUT2D eigenvalue weighted by Crippen LogP contribution is 2.48. The van der Waals surface area contributed by atoms with Gasteiger partial charge in [-0.1, -0.05) is 41.4 Å². The Balaban J connectivity index is 1.68. The fourth-order valence-corrected chi connectivity index (χ4v) is 3.74. The Morgan fingerprint density at radius 1 is 1.03 bits per heavy atom.